The fraction of sp³-hybridized carbons (Fsp3) is 0.280. The van der Waals surface area contributed by atoms with Crippen LogP contribution in [0.2, 0.25) is 0 Å². The minimum absolute atomic E-state index is 0.0608. The maximum atomic E-state index is 13.0. The summed E-state index contributed by atoms with van der Waals surface area (Å²) in [4.78, 5) is 35.8. The van der Waals surface area contributed by atoms with Crippen molar-refractivity contribution in [2.24, 2.45) is 0 Å². The Bertz CT molecular complexity index is 1140. The number of nitro groups is 1. The molecule has 34 heavy (non-hydrogen) atoms. The number of nitro benzene ring substituents is 1. The lowest BCUT2D eigenvalue weighted by Gasteiger charge is -2.29. The van der Waals surface area contributed by atoms with E-state index in [4.69, 9.17) is 9.47 Å². The van der Waals surface area contributed by atoms with Gasteiger partial charge in [0, 0.05) is 23.5 Å². The van der Waals surface area contributed by atoms with Gasteiger partial charge in [-0.3, -0.25) is 10.1 Å². The van der Waals surface area contributed by atoms with Crippen molar-refractivity contribution < 1.29 is 29.1 Å². The number of hydrogen-bond acceptors (Lipinski definition) is 7. The highest BCUT2D eigenvalue weighted by molar-refractivity contribution is 5.99. The van der Waals surface area contributed by atoms with Gasteiger partial charge in [0.1, 0.15) is 5.75 Å². The van der Waals surface area contributed by atoms with Crippen LogP contribution < -0.4 is 10.1 Å². The molecule has 9 nitrogen and oxygen atoms in total. The predicted molar refractivity (Wildman–Crippen MR) is 124 cm³/mol. The summed E-state index contributed by atoms with van der Waals surface area (Å²) < 4.78 is 11.1. The third kappa shape index (κ3) is 5.80. The number of esters is 1. The van der Waals surface area contributed by atoms with E-state index in [1.807, 2.05) is 30.3 Å². The molecule has 3 rings (SSSR count). The number of carboxylic acids is 1. The van der Waals surface area contributed by atoms with Crippen LogP contribution in [0.5, 0.6) is 5.75 Å². The van der Waals surface area contributed by atoms with Crippen LogP contribution in [0.15, 0.2) is 77.1 Å². The molecule has 0 bridgehead atoms. The van der Waals surface area contributed by atoms with E-state index in [2.05, 4.69) is 5.32 Å². The summed E-state index contributed by atoms with van der Waals surface area (Å²) in [6.45, 7) is 3.83. The molecule has 0 spiro atoms. The summed E-state index contributed by atoms with van der Waals surface area (Å²) in [6, 6.07) is 15.0. The molecule has 1 aliphatic heterocycles. The molecule has 1 heterocycles. The lowest BCUT2D eigenvalue weighted by atomic mass is 9.80. The molecular formula is C25H26N2O7. The Balaban J connectivity index is 1.73. The van der Waals surface area contributed by atoms with Crippen molar-refractivity contribution in [3.05, 3.63) is 92.8 Å². The van der Waals surface area contributed by atoms with E-state index in [0.717, 1.165) is 5.75 Å². The van der Waals surface area contributed by atoms with E-state index < -0.39 is 22.8 Å². The molecule has 9 heteroatoms. The minimum atomic E-state index is -1.22. The summed E-state index contributed by atoms with van der Waals surface area (Å²) in [5, 5.41) is 24.0. The molecule has 2 aromatic rings. The lowest BCUT2D eigenvalue weighted by Crippen LogP contribution is -2.32. The molecule has 1 unspecified atom stereocenters. The molecule has 0 radical (unpaired) electrons. The van der Waals surface area contributed by atoms with Gasteiger partial charge >= 0.3 is 11.9 Å². The zero-order valence-corrected chi connectivity index (χ0v) is 18.9. The second kappa shape index (κ2) is 11.1. The minimum Gasteiger partial charge on any atom is -0.494 e. The number of non-ortho nitro benzene ring substituents is 1. The first-order valence-electron chi connectivity index (χ1n) is 10.8. The van der Waals surface area contributed by atoms with Gasteiger partial charge in [0.05, 0.1) is 35.2 Å². The largest absolute Gasteiger partial charge is 0.494 e. The molecule has 1 aliphatic rings. The number of aliphatic carboxylic acids is 1. The molecule has 2 N–H and O–H groups in total. The number of rotatable bonds is 10. The van der Waals surface area contributed by atoms with Gasteiger partial charge in [-0.2, -0.15) is 0 Å². The molecular weight excluding hydrogens is 440 g/mol. The monoisotopic (exact) mass is 466 g/mol. The number of para-hydroxylation sites is 1. The molecule has 178 valence electrons. The van der Waals surface area contributed by atoms with Crippen LogP contribution in [0.4, 0.5) is 5.69 Å². The Kier molecular flexibility index (Phi) is 8.02. The number of hydrogen-bond donors (Lipinski definition) is 2. The fourth-order valence-electron chi connectivity index (χ4n) is 3.85. The van der Waals surface area contributed by atoms with Gasteiger partial charge in [0.15, 0.2) is 0 Å². The number of allylic oxidation sites excluding steroid dienone is 2. The topological polar surface area (TPSA) is 128 Å². The molecule has 2 aromatic carbocycles. The number of ether oxygens (including phenoxy) is 2. The summed E-state index contributed by atoms with van der Waals surface area (Å²) in [5.74, 6) is -2.14. The Labute approximate surface area is 196 Å². The number of dihydropyridines is 1. The van der Waals surface area contributed by atoms with Crippen molar-refractivity contribution in [2.45, 2.75) is 32.6 Å². The smallest absolute Gasteiger partial charge is 0.336 e. The first kappa shape index (κ1) is 24.5. The van der Waals surface area contributed by atoms with Crippen LogP contribution in [0, 0.1) is 10.1 Å². The molecule has 0 aliphatic carbocycles. The van der Waals surface area contributed by atoms with Crippen molar-refractivity contribution in [1.82, 2.24) is 5.32 Å². The normalized spacial score (nSPS) is 15.5. The van der Waals surface area contributed by atoms with Crippen LogP contribution in [0.25, 0.3) is 0 Å². The van der Waals surface area contributed by atoms with Crippen molar-refractivity contribution in [3.8, 4) is 5.75 Å². The third-order valence-corrected chi connectivity index (χ3v) is 5.41. The van der Waals surface area contributed by atoms with Crippen LogP contribution in [-0.4, -0.2) is 35.2 Å². The van der Waals surface area contributed by atoms with E-state index in [9.17, 15) is 24.8 Å². The van der Waals surface area contributed by atoms with Crippen molar-refractivity contribution in [3.63, 3.8) is 0 Å². The Morgan fingerprint density at radius 3 is 2.35 bits per heavy atom. The average molecular weight is 466 g/mol. The number of carbonyl (C=O) groups is 2. The van der Waals surface area contributed by atoms with Gasteiger partial charge in [-0.15, -0.1) is 0 Å². The van der Waals surface area contributed by atoms with E-state index in [-0.39, 0.29) is 23.4 Å². The molecule has 0 aromatic heterocycles. The van der Waals surface area contributed by atoms with Gasteiger partial charge in [-0.05, 0) is 44.4 Å². The van der Waals surface area contributed by atoms with Crippen LogP contribution in [-0.2, 0) is 14.3 Å². The number of carbonyl (C=O) groups excluding carboxylic acids is 1. The molecule has 0 fully saturated rings. The van der Waals surface area contributed by atoms with E-state index in [0.29, 0.717) is 36.4 Å². The van der Waals surface area contributed by atoms with Crippen molar-refractivity contribution >= 4 is 17.6 Å². The van der Waals surface area contributed by atoms with Gasteiger partial charge in [0.2, 0.25) is 0 Å². The van der Waals surface area contributed by atoms with Gasteiger partial charge < -0.3 is 19.9 Å². The quantitative estimate of drug-likeness (QED) is 0.229. The SMILES string of the molecule is CC1=C(C(=O)O)C(c2cccc([N+](=O)[O-])c2)C(C(=O)OCCCCOc2ccccc2)=C(C)N1. The maximum Gasteiger partial charge on any atom is 0.336 e. The first-order chi connectivity index (χ1) is 16.3. The van der Waals surface area contributed by atoms with Crippen LogP contribution >= 0.6 is 0 Å². The second-order valence-corrected chi connectivity index (χ2v) is 7.80. The highest BCUT2D eigenvalue weighted by Gasteiger charge is 2.37. The number of carboxylic acid groups (broad SMARTS) is 1. The van der Waals surface area contributed by atoms with Gasteiger partial charge in [0.25, 0.3) is 5.69 Å². The number of benzene rings is 2. The standard InChI is InChI=1S/C25H26N2O7/c1-16-21(24(28)29)23(18-9-8-10-19(15-18)27(31)32)22(17(2)26-16)25(30)34-14-7-6-13-33-20-11-4-3-5-12-20/h3-5,8-12,15,23,26H,6-7,13-14H2,1-2H3,(H,28,29). The second-order valence-electron chi connectivity index (χ2n) is 7.80. The molecule has 0 saturated heterocycles. The lowest BCUT2D eigenvalue weighted by molar-refractivity contribution is -0.384. The summed E-state index contributed by atoms with van der Waals surface area (Å²) in [7, 11) is 0. The third-order valence-electron chi connectivity index (χ3n) is 5.41. The molecule has 0 amide bonds. The van der Waals surface area contributed by atoms with E-state index in [1.54, 1.807) is 19.9 Å². The number of nitrogens with one attached hydrogen (secondary N) is 1. The Hall–Kier alpha value is -4.14. The summed E-state index contributed by atoms with van der Waals surface area (Å²) in [5.41, 5.74) is 0.989. The van der Waals surface area contributed by atoms with Crippen molar-refractivity contribution in [2.75, 3.05) is 13.2 Å². The van der Waals surface area contributed by atoms with Gasteiger partial charge in [-0.25, -0.2) is 9.59 Å². The predicted octanol–water partition coefficient (Wildman–Crippen LogP) is 4.32. The average Bonchev–Trinajstić information content (AvgIpc) is 2.81. The van der Waals surface area contributed by atoms with Crippen LogP contribution in [0.3, 0.4) is 0 Å². The summed E-state index contributed by atoms with van der Waals surface area (Å²) >= 11 is 0. The zero-order valence-electron chi connectivity index (χ0n) is 18.9. The van der Waals surface area contributed by atoms with E-state index >= 15 is 0 Å². The highest BCUT2D eigenvalue weighted by Crippen LogP contribution is 2.39. The van der Waals surface area contributed by atoms with E-state index in [1.165, 1.54) is 18.2 Å². The van der Waals surface area contributed by atoms with Gasteiger partial charge in [-0.1, -0.05) is 30.3 Å². The molecule has 1 atom stereocenters. The number of unbranched alkanes of at least 4 members (excludes halogenated alkanes) is 1. The fourth-order valence-corrected chi connectivity index (χ4v) is 3.85. The molecule has 0 saturated carbocycles. The highest BCUT2D eigenvalue weighted by atomic mass is 16.6. The zero-order chi connectivity index (χ0) is 24.7. The summed E-state index contributed by atoms with van der Waals surface area (Å²) in [6.07, 6.45) is 1.21. The number of nitrogens with zero attached hydrogens (tertiary/aromatic N) is 1. The van der Waals surface area contributed by atoms with Crippen LogP contribution in [0.1, 0.15) is 38.2 Å². The first-order valence-corrected chi connectivity index (χ1v) is 10.8. The van der Waals surface area contributed by atoms with Crippen molar-refractivity contribution in [1.29, 1.82) is 0 Å². The maximum absolute atomic E-state index is 13.0. The Morgan fingerprint density at radius 1 is 1.00 bits per heavy atom. The Morgan fingerprint density at radius 2 is 1.68 bits per heavy atom.